The monoisotopic (exact) mass is 226 g/mol. The van der Waals surface area contributed by atoms with Crippen molar-refractivity contribution < 1.29 is 4.74 Å². The Morgan fingerprint density at radius 2 is 2.40 bits per heavy atom. The number of halogens is 1. The Morgan fingerprint density at radius 1 is 1.53 bits per heavy atom. The van der Waals surface area contributed by atoms with E-state index in [-0.39, 0.29) is 11.4 Å². The van der Waals surface area contributed by atoms with E-state index in [4.69, 9.17) is 16.3 Å². The summed E-state index contributed by atoms with van der Waals surface area (Å²) in [6.07, 6.45) is 1.89. The van der Waals surface area contributed by atoms with Crippen LogP contribution < -0.4 is 5.32 Å². The number of alkyl halides is 1. The quantitative estimate of drug-likeness (QED) is 0.793. The molecule has 1 saturated heterocycles. The third kappa shape index (κ3) is 2.91. The molecule has 1 N–H and O–H groups in total. The van der Waals surface area contributed by atoms with E-state index >= 15 is 0 Å². The number of hydrogen-bond acceptors (Lipinski definition) is 3. The summed E-state index contributed by atoms with van der Waals surface area (Å²) in [5.74, 6) is 0. The van der Waals surface area contributed by atoms with Crippen molar-refractivity contribution in [1.82, 2.24) is 10.3 Å². The molecule has 1 aliphatic heterocycles. The minimum Gasteiger partial charge on any atom is -0.378 e. The first kappa shape index (κ1) is 10.9. The molecule has 0 saturated carbocycles. The van der Waals surface area contributed by atoms with Gasteiger partial charge in [0.1, 0.15) is 0 Å². The number of pyridine rings is 1. The Kier molecular flexibility index (Phi) is 3.57. The molecule has 1 aliphatic rings. The van der Waals surface area contributed by atoms with Gasteiger partial charge in [0.05, 0.1) is 18.6 Å². The van der Waals surface area contributed by atoms with E-state index in [1.54, 1.807) is 0 Å². The summed E-state index contributed by atoms with van der Waals surface area (Å²) in [5, 5.41) is 3.46. The Morgan fingerprint density at radius 3 is 3.00 bits per heavy atom. The first-order valence-corrected chi connectivity index (χ1v) is 5.56. The predicted octanol–water partition coefficient (Wildman–Crippen LogP) is 1.49. The van der Waals surface area contributed by atoms with Crippen LogP contribution in [-0.4, -0.2) is 29.6 Å². The highest BCUT2D eigenvalue weighted by Gasteiger charge is 2.25. The summed E-state index contributed by atoms with van der Waals surface area (Å²) in [4.78, 5) is 4.24. The summed E-state index contributed by atoms with van der Waals surface area (Å²) < 4.78 is 5.27. The first-order chi connectivity index (χ1) is 7.25. The second-order valence-electron chi connectivity index (χ2n) is 3.85. The zero-order valence-corrected chi connectivity index (χ0v) is 9.50. The van der Waals surface area contributed by atoms with Crippen molar-refractivity contribution >= 4 is 11.6 Å². The smallest absolute Gasteiger partial charge is 0.0745 e. The standard InChI is InChI=1S/C11H15ClN2O/c1-8-2-3-9(4-13-8)5-14-11-7-15-6-10(11)12/h2-4,10-11,14H,5-7H2,1H3. The third-order valence-corrected chi connectivity index (χ3v) is 2.98. The average Bonchev–Trinajstić information content (AvgIpc) is 2.63. The molecular formula is C11H15ClN2O. The Balaban J connectivity index is 1.85. The van der Waals surface area contributed by atoms with Crippen LogP contribution in [0.3, 0.4) is 0 Å². The predicted molar refractivity (Wildman–Crippen MR) is 60.1 cm³/mol. The molecule has 82 valence electrons. The highest BCUT2D eigenvalue weighted by atomic mass is 35.5. The molecule has 1 fully saturated rings. The molecule has 15 heavy (non-hydrogen) atoms. The molecule has 0 radical (unpaired) electrons. The maximum absolute atomic E-state index is 6.07. The minimum atomic E-state index is 0.0865. The SMILES string of the molecule is Cc1ccc(CNC2COCC2Cl)cn1. The van der Waals surface area contributed by atoms with Gasteiger partial charge < -0.3 is 10.1 Å². The number of rotatable bonds is 3. The lowest BCUT2D eigenvalue weighted by atomic mass is 10.2. The van der Waals surface area contributed by atoms with Crippen LogP contribution in [0.25, 0.3) is 0 Å². The molecule has 2 atom stereocenters. The van der Waals surface area contributed by atoms with Gasteiger partial charge in [0.25, 0.3) is 0 Å². The van der Waals surface area contributed by atoms with Crippen molar-refractivity contribution in [1.29, 1.82) is 0 Å². The van der Waals surface area contributed by atoms with Crippen LogP contribution in [0.15, 0.2) is 18.3 Å². The fourth-order valence-electron chi connectivity index (χ4n) is 1.57. The average molecular weight is 227 g/mol. The van der Waals surface area contributed by atoms with Crippen molar-refractivity contribution in [3.8, 4) is 0 Å². The molecular weight excluding hydrogens is 212 g/mol. The van der Waals surface area contributed by atoms with Crippen LogP contribution in [0.2, 0.25) is 0 Å². The van der Waals surface area contributed by atoms with Crippen LogP contribution in [0.4, 0.5) is 0 Å². The molecule has 0 bridgehead atoms. The summed E-state index contributed by atoms with van der Waals surface area (Å²) in [5.41, 5.74) is 2.22. The Labute approximate surface area is 94.8 Å². The molecule has 0 amide bonds. The van der Waals surface area contributed by atoms with Gasteiger partial charge in [-0.3, -0.25) is 4.98 Å². The molecule has 0 aromatic carbocycles. The molecule has 2 heterocycles. The number of hydrogen-bond donors (Lipinski definition) is 1. The second kappa shape index (κ2) is 4.92. The van der Waals surface area contributed by atoms with Crippen molar-refractivity contribution in [2.24, 2.45) is 0 Å². The van der Waals surface area contributed by atoms with Crippen LogP contribution in [0.5, 0.6) is 0 Å². The van der Waals surface area contributed by atoms with Gasteiger partial charge in [-0.1, -0.05) is 6.07 Å². The highest BCUT2D eigenvalue weighted by Crippen LogP contribution is 2.12. The molecule has 4 heteroatoms. The van der Waals surface area contributed by atoms with Crippen LogP contribution in [-0.2, 0) is 11.3 Å². The van der Waals surface area contributed by atoms with E-state index in [0.29, 0.717) is 13.2 Å². The number of nitrogens with one attached hydrogen (secondary N) is 1. The molecule has 1 aromatic rings. The van der Waals surface area contributed by atoms with Gasteiger partial charge in [-0.15, -0.1) is 11.6 Å². The normalized spacial score (nSPS) is 25.7. The van der Waals surface area contributed by atoms with Crippen molar-refractivity contribution in [2.75, 3.05) is 13.2 Å². The van der Waals surface area contributed by atoms with Crippen molar-refractivity contribution in [2.45, 2.75) is 24.9 Å². The minimum absolute atomic E-state index is 0.0865. The zero-order valence-electron chi connectivity index (χ0n) is 8.74. The summed E-state index contributed by atoms with van der Waals surface area (Å²) >= 11 is 6.07. The Bertz CT molecular complexity index is 315. The molecule has 2 rings (SSSR count). The zero-order chi connectivity index (χ0) is 10.7. The van der Waals surface area contributed by atoms with Gasteiger partial charge in [0.15, 0.2) is 0 Å². The summed E-state index contributed by atoms with van der Waals surface area (Å²) in [6, 6.07) is 4.35. The molecule has 2 unspecified atom stereocenters. The van der Waals surface area contributed by atoms with E-state index in [1.165, 1.54) is 5.56 Å². The lowest BCUT2D eigenvalue weighted by molar-refractivity contribution is 0.190. The lowest BCUT2D eigenvalue weighted by Crippen LogP contribution is -2.35. The van der Waals surface area contributed by atoms with Gasteiger partial charge >= 0.3 is 0 Å². The van der Waals surface area contributed by atoms with E-state index in [0.717, 1.165) is 12.2 Å². The van der Waals surface area contributed by atoms with Crippen LogP contribution in [0, 0.1) is 6.92 Å². The maximum Gasteiger partial charge on any atom is 0.0745 e. The van der Waals surface area contributed by atoms with Gasteiger partial charge in [-0.25, -0.2) is 0 Å². The van der Waals surface area contributed by atoms with E-state index in [9.17, 15) is 0 Å². The topological polar surface area (TPSA) is 34.1 Å². The van der Waals surface area contributed by atoms with Crippen molar-refractivity contribution in [3.63, 3.8) is 0 Å². The van der Waals surface area contributed by atoms with Crippen LogP contribution in [0.1, 0.15) is 11.3 Å². The van der Waals surface area contributed by atoms with Crippen molar-refractivity contribution in [3.05, 3.63) is 29.6 Å². The third-order valence-electron chi connectivity index (χ3n) is 2.55. The maximum atomic E-state index is 6.07. The van der Waals surface area contributed by atoms with E-state index in [1.807, 2.05) is 19.2 Å². The molecule has 1 aromatic heterocycles. The number of ether oxygens (including phenoxy) is 1. The largest absolute Gasteiger partial charge is 0.378 e. The van der Waals surface area contributed by atoms with Gasteiger partial charge in [-0.2, -0.15) is 0 Å². The van der Waals surface area contributed by atoms with Gasteiger partial charge in [-0.05, 0) is 18.6 Å². The fraction of sp³-hybridized carbons (Fsp3) is 0.545. The number of aryl methyl sites for hydroxylation is 1. The van der Waals surface area contributed by atoms with Gasteiger partial charge in [0, 0.05) is 24.5 Å². The Hall–Kier alpha value is -0.640. The highest BCUT2D eigenvalue weighted by molar-refractivity contribution is 6.21. The lowest BCUT2D eigenvalue weighted by Gasteiger charge is -2.13. The summed E-state index contributed by atoms with van der Waals surface area (Å²) in [6.45, 7) is 4.13. The second-order valence-corrected chi connectivity index (χ2v) is 4.41. The summed E-state index contributed by atoms with van der Waals surface area (Å²) in [7, 11) is 0. The van der Waals surface area contributed by atoms with E-state index in [2.05, 4.69) is 16.4 Å². The molecule has 3 nitrogen and oxygen atoms in total. The fourth-order valence-corrected chi connectivity index (χ4v) is 1.82. The van der Waals surface area contributed by atoms with Crippen LogP contribution >= 0.6 is 11.6 Å². The number of aromatic nitrogens is 1. The number of nitrogens with zero attached hydrogens (tertiary/aromatic N) is 1. The van der Waals surface area contributed by atoms with Gasteiger partial charge in [0.2, 0.25) is 0 Å². The molecule has 0 spiro atoms. The van der Waals surface area contributed by atoms with E-state index < -0.39 is 0 Å². The molecule has 0 aliphatic carbocycles. The first-order valence-electron chi connectivity index (χ1n) is 5.12.